The third kappa shape index (κ3) is 2.57. The Morgan fingerprint density at radius 1 is 1.27 bits per heavy atom. The fraction of sp³-hybridized carbons (Fsp3) is 0.375. The monoisotopic (exact) mass is 302 g/mol. The topological polar surface area (TPSA) is 87.0 Å². The van der Waals surface area contributed by atoms with E-state index < -0.39 is 23.8 Å². The highest BCUT2D eigenvalue weighted by Crippen LogP contribution is 2.34. The lowest BCUT2D eigenvalue weighted by atomic mass is 9.88. The van der Waals surface area contributed by atoms with Gasteiger partial charge in [-0.3, -0.25) is 14.4 Å². The van der Waals surface area contributed by atoms with Gasteiger partial charge >= 0.3 is 0 Å². The van der Waals surface area contributed by atoms with E-state index in [4.69, 9.17) is 5.11 Å². The average Bonchev–Trinajstić information content (AvgIpc) is 2.79. The minimum Gasteiger partial charge on any atom is -0.386 e. The summed E-state index contributed by atoms with van der Waals surface area (Å²) in [5.41, 5.74) is 0.0344. The third-order valence-corrected chi connectivity index (χ3v) is 3.84. The minimum absolute atomic E-state index is 0.102. The SMILES string of the molecule is CCC(C)(C)C(=O)N1C(=O)/C(=N/C(=O)CO)c2ccccc21. The Bertz CT molecular complexity index is 676. The molecule has 6 nitrogen and oxygen atoms in total. The summed E-state index contributed by atoms with van der Waals surface area (Å²) in [6.07, 6.45) is 0.569. The first-order chi connectivity index (χ1) is 10.3. The van der Waals surface area contributed by atoms with Crippen LogP contribution in [0.3, 0.4) is 0 Å². The second-order valence-electron chi connectivity index (χ2n) is 5.71. The van der Waals surface area contributed by atoms with Crippen LogP contribution in [0.4, 0.5) is 5.69 Å². The molecule has 0 spiro atoms. The lowest BCUT2D eigenvalue weighted by Crippen LogP contribution is -2.44. The molecule has 6 heteroatoms. The van der Waals surface area contributed by atoms with Crippen molar-refractivity contribution < 1.29 is 19.5 Å². The van der Waals surface area contributed by atoms with Crippen molar-refractivity contribution in [3.8, 4) is 0 Å². The van der Waals surface area contributed by atoms with E-state index in [0.29, 0.717) is 17.7 Å². The van der Waals surface area contributed by atoms with Gasteiger partial charge in [-0.1, -0.05) is 39.0 Å². The first-order valence-electron chi connectivity index (χ1n) is 7.04. The fourth-order valence-corrected chi connectivity index (χ4v) is 2.12. The molecule has 0 unspecified atom stereocenters. The predicted octanol–water partition coefficient (Wildman–Crippen LogP) is 1.30. The van der Waals surface area contributed by atoms with Crippen molar-refractivity contribution in [2.24, 2.45) is 10.4 Å². The zero-order valence-electron chi connectivity index (χ0n) is 12.8. The molecule has 0 aromatic heterocycles. The number of imide groups is 1. The van der Waals surface area contributed by atoms with Crippen LogP contribution in [0.2, 0.25) is 0 Å². The minimum atomic E-state index is -0.817. The Balaban J connectivity index is 2.56. The van der Waals surface area contributed by atoms with E-state index in [2.05, 4.69) is 4.99 Å². The molecule has 0 saturated carbocycles. The molecule has 2 rings (SSSR count). The Morgan fingerprint density at radius 2 is 1.91 bits per heavy atom. The number of anilines is 1. The summed E-state index contributed by atoms with van der Waals surface area (Å²) in [6, 6.07) is 6.68. The number of hydrogen-bond acceptors (Lipinski definition) is 4. The third-order valence-electron chi connectivity index (χ3n) is 3.84. The van der Waals surface area contributed by atoms with Crippen molar-refractivity contribution in [3.63, 3.8) is 0 Å². The molecule has 1 aliphatic heterocycles. The number of benzene rings is 1. The number of rotatable bonds is 3. The highest BCUT2D eigenvalue weighted by molar-refractivity contribution is 6.59. The van der Waals surface area contributed by atoms with Gasteiger partial charge in [-0.2, -0.15) is 0 Å². The van der Waals surface area contributed by atoms with Crippen molar-refractivity contribution in [1.29, 1.82) is 0 Å². The van der Waals surface area contributed by atoms with Crippen LogP contribution in [0.1, 0.15) is 32.8 Å². The van der Waals surface area contributed by atoms with Crippen molar-refractivity contribution in [2.75, 3.05) is 11.5 Å². The van der Waals surface area contributed by atoms with Crippen LogP contribution in [0.5, 0.6) is 0 Å². The molecule has 1 aliphatic rings. The molecule has 3 amide bonds. The summed E-state index contributed by atoms with van der Waals surface area (Å²) >= 11 is 0. The number of carbonyl (C=O) groups is 3. The Hall–Kier alpha value is -2.34. The van der Waals surface area contributed by atoms with Gasteiger partial charge in [0.25, 0.3) is 11.8 Å². The largest absolute Gasteiger partial charge is 0.386 e. The number of aliphatic hydroxyl groups is 1. The maximum Gasteiger partial charge on any atom is 0.284 e. The van der Waals surface area contributed by atoms with E-state index in [9.17, 15) is 14.4 Å². The molecule has 1 aromatic rings. The quantitative estimate of drug-likeness (QED) is 0.911. The lowest BCUT2D eigenvalue weighted by Gasteiger charge is -2.26. The van der Waals surface area contributed by atoms with E-state index >= 15 is 0 Å². The Labute approximate surface area is 128 Å². The first kappa shape index (κ1) is 16.0. The van der Waals surface area contributed by atoms with Gasteiger partial charge in [-0.05, 0) is 12.5 Å². The molecule has 1 heterocycles. The molecular formula is C16H18N2O4. The molecule has 0 radical (unpaired) electrons. The number of para-hydroxylation sites is 1. The van der Waals surface area contributed by atoms with Crippen LogP contribution in [-0.4, -0.2) is 35.1 Å². The number of carbonyl (C=O) groups excluding carboxylic acids is 3. The number of fused-ring (bicyclic) bond motifs is 1. The van der Waals surface area contributed by atoms with Gasteiger partial charge in [0.1, 0.15) is 12.3 Å². The van der Waals surface area contributed by atoms with Gasteiger partial charge in [0.2, 0.25) is 5.91 Å². The summed E-state index contributed by atoms with van der Waals surface area (Å²) in [7, 11) is 0. The van der Waals surface area contributed by atoms with Crippen LogP contribution in [0, 0.1) is 5.41 Å². The van der Waals surface area contributed by atoms with E-state index in [-0.39, 0.29) is 11.6 Å². The average molecular weight is 302 g/mol. The van der Waals surface area contributed by atoms with Crippen molar-refractivity contribution in [1.82, 2.24) is 0 Å². The van der Waals surface area contributed by atoms with E-state index in [1.165, 1.54) is 0 Å². The van der Waals surface area contributed by atoms with Crippen molar-refractivity contribution >= 4 is 29.1 Å². The summed E-state index contributed by atoms with van der Waals surface area (Å²) in [5, 5.41) is 8.82. The van der Waals surface area contributed by atoms with Crippen LogP contribution in [0.25, 0.3) is 0 Å². The predicted molar refractivity (Wildman–Crippen MR) is 81.6 cm³/mol. The zero-order valence-corrected chi connectivity index (χ0v) is 12.8. The van der Waals surface area contributed by atoms with Crippen LogP contribution >= 0.6 is 0 Å². The lowest BCUT2D eigenvalue weighted by molar-refractivity contribution is -0.130. The number of aliphatic hydroxyl groups excluding tert-OH is 1. The molecule has 0 aliphatic carbocycles. The van der Waals surface area contributed by atoms with Crippen molar-refractivity contribution in [2.45, 2.75) is 27.2 Å². The molecule has 22 heavy (non-hydrogen) atoms. The van der Waals surface area contributed by atoms with E-state index in [1.54, 1.807) is 38.1 Å². The highest BCUT2D eigenvalue weighted by Gasteiger charge is 2.42. The number of nitrogens with zero attached hydrogens (tertiary/aromatic N) is 2. The van der Waals surface area contributed by atoms with Gasteiger partial charge < -0.3 is 5.11 Å². The zero-order chi connectivity index (χ0) is 16.5. The normalized spacial score (nSPS) is 16.1. The molecule has 0 atom stereocenters. The molecule has 0 fully saturated rings. The molecule has 0 saturated heterocycles. The summed E-state index contributed by atoms with van der Waals surface area (Å²) < 4.78 is 0. The first-order valence-corrected chi connectivity index (χ1v) is 7.04. The van der Waals surface area contributed by atoms with Crippen LogP contribution < -0.4 is 4.90 Å². The van der Waals surface area contributed by atoms with E-state index in [0.717, 1.165) is 4.90 Å². The fourth-order valence-electron chi connectivity index (χ4n) is 2.12. The summed E-state index contributed by atoms with van der Waals surface area (Å²) in [5.74, 6) is -1.79. The van der Waals surface area contributed by atoms with Crippen molar-refractivity contribution in [3.05, 3.63) is 29.8 Å². The van der Waals surface area contributed by atoms with Crippen LogP contribution in [0.15, 0.2) is 29.3 Å². The van der Waals surface area contributed by atoms with Gasteiger partial charge in [0.05, 0.1) is 5.69 Å². The highest BCUT2D eigenvalue weighted by atomic mass is 16.3. The second kappa shape index (κ2) is 5.81. The molecular weight excluding hydrogens is 284 g/mol. The number of amides is 3. The summed E-state index contributed by atoms with van der Waals surface area (Å²) in [4.78, 5) is 41.3. The number of hydrogen-bond donors (Lipinski definition) is 1. The van der Waals surface area contributed by atoms with Gasteiger partial charge in [-0.25, -0.2) is 9.89 Å². The number of aliphatic imine (C=N–C) groups is 1. The van der Waals surface area contributed by atoms with E-state index in [1.807, 2.05) is 6.92 Å². The Morgan fingerprint density at radius 3 is 2.50 bits per heavy atom. The molecule has 0 bridgehead atoms. The molecule has 1 aromatic carbocycles. The maximum absolute atomic E-state index is 12.7. The second-order valence-corrected chi connectivity index (χ2v) is 5.71. The smallest absolute Gasteiger partial charge is 0.284 e. The summed E-state index contributed by atoms with van der Waals surface area (Å²) in [6.45, 7) is 4.61. The van der Waals surface area contributed by atoms with Gasteiger partial charge in [0.15, 0.2) is 0 Å². The molecule has 1 N–H and O–H groups in total. The maximum atomic E-state index is 12.7. The van der Waals surface area contributed by atoms with Crippen LogP contribution in [-0.2, 0) is 14.4 Å². The Kier molecular flexibility index (Phi) is 4.23. The van der Waals surface area contributed by atoms with Gasteiger partial charge in [-0.15, -0.1) is 0 Å². The standard InChI is InChI=1S/C16H18N2O4/c1-4-16(2,3)15(22)18-11-8-6-5-7-10(11)13(14(18)21)17-12(20)9-19/h5-8,19H,4,9H2,1-3H3/b17-13+. The van der Waals surface area contributed by atoms with Gasteiger partial charge in [0, 0.05) is 11.0 Å². The molecule has 116 valence electrons.